The fourth-order valence-electron chi connectivity index (χ4n) is 1.09. The second-order valence-electron chi connectivity index (χ2n) is 2.98. The zero-order chi connectivity index (χ0) is 10.8. The summed E-state index contributed by atoms with van der Waals surface area (Å²) < 4.78 is 30.7. The van der Waals surface area contributed by atoms with Gasteiger partial charge in [0.2, 0.25) is 0 Å². The summed E-state index contributed by atoms with van der Waals surface area (Å²) in [5.74, 6) is -3.88. The monoisotopic (exact) mass is 203 g/mol. The van der Waals surface area contributed by atoms with Crippen LogP contribution < -0.4 is 5.73 Å². The molecule has 0 spiro atoms. The molecule has 3 nitrogen and oxygen atoms in total. The summed E-state index contributed by atoms with van der Waals surface area (Å²) in [7, 11) is 0. The Morgan fingerprint density at radius 3 is 2.93 bits per heavy atom. The van der Waals surface area contributed by atoms with Crippen LogP contribution in [-0.4, -0.2) is 18.4 Å². The lowest BCUT2D eigenvalue weighted by Crippen LogP contribution is -2.34. The minimum absolute atomic E-state index is 0.146. The van der Waals surface area contributed by atoms with Gasteiger partial charge in [0.05, 0.1) is 18.6 Å². The van der Waals surface area contributed by atoms with Crippen molar-refractivity contribution in [1.29, 1.82) is 0 Å². The number of rotatable bonds is 2. The highest BCUT2D eigenvalue weighted by Gasteiger charge is 2.30. The molecule has 1 rings (SSSR count). The van der Waals surface area contributed by atoms with Crippen LogP contribution in [0.15, 0.2) is 23.6 Å². The molecule has 0 heterocycles. The maximum atomic E-state index is 13.1. The third-order valence-corrected chi connectivity index (χ3v) is 1.74. The van der Waals surface area contributed by atoms with Crippen molar-refractivity contribution in [3.8, 4) is 0 Å². The molecule has 0 aromatic heterocycles. The zero-order valence-electron chi connectivity index (χ0n) is 7.72. The number of halogens is 2. The summed E-state index contributed by atoms with van der Waals surface area (Å²) in [5.41, 5.74) is 4.77. The lowest BCUT2D eigenvalue weighted by atomic mass is 10.0. The molecule has 0 radical (unpaired) electrons. The van der Waals surface area contributed by atoms with E-state index >= 15 is 0 Å². The van der Waals surface area contributed by atoms with E-state index in [-0.39, 0.29) is 12.2 Å². The normalized spacial score (nSPS) is 26.6. The number of esters is 1. The Morgan fingerprint density at radius 2 is 2.43 bits per heavy atom. The van der Waals surface area contributed by atoms with Gasteiger partial charge in [0.15, 0.2) is 5.79 Å². The van der Waals surface area contributed by atoms with Crippen molar-refractivity contribution in [2.75, 3.05) is 6.61 Å². The molecule has 0 aliphatic heterocycles. The number of carbonyl (C=O) groups is 1. The molecule has 0 bridgehead atoms. The molecule has 0 saturated heterocycles. The Labute approximate surface area is 80.2 Å². The highest BCUT2D eigenvalue weighted by atomic mass is 19.2. The molecule has 1 atom stereocenters. The van der Waals surface area contributed by atoms with Crippen LogP contribution in [0.3, 0.4) is 0 Å². The van der Waals surface area contributed by atoms with Gasteiger partial charge in [-0.25, -0.2) is 13.6 Å². The van der Waals surface area contributed by atoms with Crippen molar-refractivity contribution in [2.24, 2.45) is 5.73 Å². The van der Waals surface area contributed by atoms with Crippen LogP contribution >= 0.6 is 0 Å². The molecule has 5 heteroatoms. The maximum Gasteiger partial charge on any atom is 0.340 e. The second-order valence-corrected chi connectivity index (χ2v) is 2.98. The second kappa shape index (κ2) is 3.88. The summed E-state index contributed by atoms with van der Waals surface area (Å²) in [6, 6.07) is 0. The van der Waals surface area contributed by atoms with E-state index < -0.39 is 24.0 Å². The standard InChI is InChI=1S/C9H11F2NO2/c1-2-14-8(13)6-3-4-9(11,12)5-7(6)10/h3-4H,2,5,12H2,1H3. The molecular weight excluding hydrogens is 192 g/mol. The molecule has 0 aromatic rings. The SMILES string of the molecule is CCOC(=O)C1=C(F)CC(N)(F)C=C1. The zero-order valence-corrected chi connectivity index (χ0v) is 7.72. The summed E-state index contributed by atoms with van der Waals surface area (Å²) in [6.45, 7) is 1.75. The van der Waals surface area contributed by atoms with Gasteiger partial charge < -0.3 is 4.74 Å². The first-order chi connectivity index (χ1) is 6.46. The predicted octanol–water partition coefficient (Wildman–Crippen LogP) is 1.36. The van der Waals surface area contributed by atoms with Crippen molar-refractivity contribution in [2.45, 2.75) is 19.1 Å². The first-order valence-corrected chi connectivity index (χ1v) is 4.19. The van der Waals surface area contributed by atoms with E-state index in [1.54, 1.807) is 6.92 Å². The minimum atomic E-state index is -2.21. The third kappa shape index (κ3) is 2.38. The number of ether oxygens (including phenoxy) is 1. The fraction of sp³-hybridized carbons (Fsp3) is 0.444. The Morgan fingerprint density at radius 1 is 1.79 bits per heavy atom. The molecule has 14 heavy (non-hydrogen) atoms. The van der Waals surface area contributed by atoms with E-state index in [0.717, 1.165) is 12.2 Å². The van der Waals surface area contributed by atoms with Gasteiger partial charge in [0.1, 0.15) is 5.83 Å². The average molecular weight is 203 g/mol. The van der Waals surface area contributed by atoms with Gasteiger partial charge in [-0.15, -0.1) is 0 Å². The van der Waals surface area contributed by atoms with Crippen LogP contribution in [0, 0.1) is 0 Å². The fourth-order valence-corrected chi connectivity index (χ4v) is 1.09. The molecule has 1 aliphatic rings. The molecule has 2 N–H and O–H groups in total. The summed E-state index contributed by atoms with van der Waals surface area (Å²) in [5, 5.41) is 0. The first kappa shape index (κ1) is 10.8. The first-order valence-electron chi connectivity index (χ1n) is 4.19. The van der Waals surface area contributed by atoms with Crippen molar-refractivity contribution in [3.05, 3.63) is 23.6 Å². The van der Waals surface area contributed by atoms with E-state index in [1.807, 2.05) is 0 Å². The highest BCUT2D eigenvalue weighted by Crippen LogP contribution is 2.27. The maximum absolute atomic E-state index is 13.1. The van der Waals surface area contributed by atoms with Crippen LogP contribution in [0.1, 0.15) is 13.3 Å². The van der Waals surface area contributed by atoms with E-state index in [1.165, 1.54) is 0 Å². The quantitative estimate of drug-likeness (QED) is 0.544. The molecule has 0 aromatic carbocycles. The lowest BCUT2D eigenvalue weighted by Gasteiger charge is -2.19. The van der Waals surface area contributed by atoms with Gasteiger partial charge in [-0.3, -0.25) is 5.73 Å². The van der Waals surface area contributed by atoms with E-state index in [0.29, 0.717) is 0 Å². The van der Waals surface area contributed by atoms with Gasteiger partial charge in [0.25, 0.3) is 0 Å². The smallest absolute Gasteiger partial charge is 0.340 e. The Hall–Kier alpha value is -1.23. The van der Waals surface area contributed by atoms with Crippen LogP contribution in [0.2, 0.25) is 0 Å². The number of carbonyl (C=O) groups excluding carboxylic acids is 1. The van der Waals surface area contributed by atoms with Crippen molar-refractivity contribution in [1.82, 2.24) is 0 Å². The largest absolute Gasteiger partial charge is 0.462 e. The minimum Gasteiger partial charge on any atom is -0.462 e. The Kier molecular flexibility index (Phi) is 3.00. The molecule has 1 aliphatic carbocycles. The van der Waals surface area contributed by atoms with Gasteiger partial charge in [0, 0.05) is 0 Å². The van der Waals surface area contributed by atoms with Gasteiger partial charge in [-0.2, -0.15) is 0 Å². The van der Waals surface area contributed by atoms with Crippen LogP contribution in [0.5, 0.6) is 0 Å². The van der Waals surface area contributed by atoms with Gasteiger partial charge >= 0.3 is 5.97 Å². The lowest BCUT2D eigenvalue weighted by molar-refractivity contribution is -0.138. The third-order valence-electron chi connectivity index (χ3n) is 1.74. The van der Waals surface area contributed by atoms with E-state index in [9.17, 15) is 13.6 Å². The predicted molar refractivity (Wildman–Crippen MR) is 46.6 cm³/mol. The van der Waals surface area contributed by atoms with Gasteiger partial charge in [-0.1, -0.05) is 0 Å². The topological polar surface area (TPSA) is 52.3 Å². The van der Waals surface area contributed by atoms with Crippen molar-refractivity contribution < 1.29 is 18.3 Å². The van der Waals surface area contributed by atoms with Crippen molar-refractivity contribution in [3.63, 3.8) is 0 Å². The van der Waals surface area contributed by atoms with Crippen LogP contribution in [0.4, 0.5) is 8.78 Å². The van der Waals surface area contributed by atoms with Crippen LogP contribution in [0.25, 0.3) is 0 Å². The molecule has 1 unspecified atom stereocenters. The molecular formula is C9H11F2NO2. The molecule has 0 saturated carbocycles. The molecule has 0 amide bonds. The van der Waals surface area contributed by atoms with Gasteiger partial charge in [-0.05, 0) is 19.1 Å². The summed E-state index contributed by atoms with van der Waals surface area (Å²) >= 11 is 0. The van der Waals surface area contributed by atoms with E-state index in [4.69, 9.17) is 5.73 Å². The average Bonchev–Trinajstić information content (AvgIpc) is 2.02. The highest BCUT2D eigenvalue weighted by molar-refractivity contribution is 5.92. The number of hydrogen-bond donors (Lipinski definition) is 1. The summed E-state index contributed by atoms with van der Waals surface area (Å²) in [6.07, 6.45) is 1.33. The van der Waals surface area contributed by atoms with Crippen LogP contribution in [-0.2, 0) is 9.53 Å². The molecule has 78 valence electrons. The van der Waals surface area contributed by atoms with E-state index in [2.05, 4.69) is 4.74 Å². The summed E-state index contributed by atoms with van der Waals surface area (Å²) in [4.78, 5) is 11.1. The molecule has 0 fully saturated rings. The number of nitrogens with two attached hydrogens (primary N) is 1. The Balaban J connectivity index is 2.82. The Bertz CT molecular complexity index is 308. The number of alkyl halides is 1. The van der Waals surface area contributed by atoms with Crippen molar-refractivity contribution >= 4 is 5.97 Å². The number of hydrogen-bond acceptors (Lipinski definition) is 3.